The van der Waals surface area contributed by atoms with E-state index in [1.807, 2.05) is 13.8 Å². The third kappa shape index (κ3) is 4.72. The molecule has 0 bridgehead atoms. The zero-order valence-electron chi connectivity index (χ0n) is 13.5. The number of carboxylic acids is 1. The second kappa shape index (κ2) is 7.38. The van der Waals surface area contributed by atoms with Gasteiger partial charge in [0.2, 0.25) is 0 Å². The van der Waals surface area contributed by atoms with Gasteiger partial charge in [0, 0.05) is 18.7 Å². The van der Waals surface area contributed by atoms with Crippen molar-refractivity contribution in [3.63, 3.8) is 0 Å². The fourth-order valence-electron chi connectivity index (χ4n) is 3.03. The summed E-state index contributed by atoms with van der Waals surface area (Å²) in [6.07, 6.45) is 2.84. The van der Waals surface area contributed by atoms with Gasteiger partial charge in [0.05, 0.1) is 6.10 Å². The lowest BCUT2D eigenvalue weighted by atomic mass is 9.94. The van der Waals surface area contributed by atoms with E-state index in [1.165, 1.54) is 0 Å². The van der Waals surface area contributed by atoms with Crippen molar-refractivity contribution in [2.24, 2.45) is 0 Å². The van der Waals surface area contributed by atoms with Crippen LogP contribution >= 0.6 is 0 Å². The molecular weight excluding hydrogens is 256 g/mol. The minimum atomic E-state index is -0.840. The Balaban J connectivity index is 2.42. The molecule has 0 aromatic heterocycles. The molecule has 3 atom stereocenters. The van der Waals surface area contributed by atoms with Gasteiger partial charge in [0.15, 0.2) is 0 Å². The predicted octanol–water partition coefficient (Wildman–Crippen LogP) is 1.72. The summed E-state index contributed by atoms with van der Waals surface area (Å²) in [6.45, 7) is 9.57. The molecule has 0 radical (unpaired) electrons. The summed E-state index contributed by atoms with van der Waals surface area (Å²) in [5, 5.41) is 12.6. The van der Waals surface area contributed by atoms with Crippen LogP contribution in [0, 0.1) is 0 Å². The molecule has 1 rings (SSSR count). The fourth-order valence-corrected chi connectivity index (χ4v) is 3.03. The van der Waals surface area contributed by atoms with Gasteiger partial charge in [0.1, 0.15) is 5.54 Å². The van der Waals surface area contributed by atoms with Crippen LogP contribution in [0.1, 0.15) is 47.0 Å². The number of hydrogen-bond donors (Lipinski definition) is 2. The Hall–Kier alpha value is -0.650. The van der Waals surface area contributed by atoms with Gasteiger partial charge < -0.3 is 14.7 Å². The normalized spacial score (nSPS) is 26.1. The van der Waals surface area contributed by atoms with Crippen LogP contribution in [0.4, 0.5) is 0 Å². The monoisotopic (exact) mass is 286 g/mol. The first kappa shape index (κ1) is 17.4. The first-order chi connectivity index (χ1) is 9.26. The molecule has 0 aromatic rings. The van der Waals surface area contributed by atoms with Crippen molar-refractivity contribution in [1.82, 2.24) is 10.2 Å². The molecule has 0 saturated carbocycles. The van der Waals surface area contributed by atoms with E-state index >= 15 is 0 Å². The average molecular weight is 286 g/mol. The van der Waals surface area contributed by atoms with E-state index in [0.717, 1.165) is 26.0 Å². The molecule has 3 unspecified atom stereocenters. The maximum atomic E-state index is 11.4. The zero-order chi connectivity index (χ0) is 15.3. The van der Waals surface area contributed by atoms with Gasteiger partial charge in [0.25, 0.3) is 0 Å². The summed E-state index contributed by atoms with van der Waals surface area (Å²) in [5.41, 5.74) is -0.840. The van der Waals surface area contributed by atoms with E-state index in [-0.39, 0.29) is 12.1 Å². The molecule has 0 aromatic carbocycles. The molecule has 2 N–H and O–H groups in total. The second-order valence-corrected chi connectivity index (χ2v) is 6.45. The maximum absolute atomic E-state index is 11.4. The van der Waals surface area contributed by atoms with Crippen LogP contribution in [0.2, 0.25) is 0 Å². The number of aliphatic carboxylic acids is 1. The summed E-state index contributed by atoms with van der Waals surface area (Å²) in [6, 6.07) is 0.626. The Kier molecular flexibility index (Phi) is 6.43. The van der Waals surface area contributed by atoms with Gasteiger partial charge in [-0.05, 0) is 60.5 Å². The molecule has 118 valence electrons. The van der Waals surface area contributed by atoms with E-state index in [4.69, 9.17) is 4.74 Å². The van der Waals surface area contributed by atoms with Crippen LogP contribution in [-0.2, 0) is 9.53 Å². The van der Waals surface area contributed by atoms with Crippen LogP contribution in [0.15, 0.2) is 0 Å². The molecule has 0 spiro atoms. The van der Waals surface area contributed by atoms with Gasteiger partial charge in [-0.3, -0.25) is 10.1 Å². The van der Waals surface area contributed by atoms with Crippen molar-refractivity contribution in [3.8, 4) is 0 Å². The molecule has 1 fully saturated rings. The Morgan fingerprint density at radius 2 is 2.20 bits per heavy atom. The Morgan fingerprint density at radius 3 is 2.65 bits per heavy atom. The molecule has 5 heteroatoms. The predicted molar refractivity (Wildman–Crippen MR) is 80.0 cm³/mol. The fraction of sp³-hybridized carbons (Fsp3) is 0.933. The molecule has 1 saturated heterocycles. The van der Waals surface area contributed by atoms with Crippen LogP contribution in [0.3, 0.4) is 0 Å². The van der Waals surface area contributed by atoms with Crippen LogP contribution in [0.25, 0.3) is 0 Å². The third-order valence-electron chi connectivity index (χ3n) is 4.17. The molecule has 5 nitrogen and oxygen atoms in total. The van der Waals surface area contributed by atoms with Crippen LogP contribution in [0.5, 0.6) is 0 Å². The molecule has 1 aliphatic heterocycles. The number of rotatable bonds is 8. The lowest BCUT2D eigenvalue weighted by Crippen LogP contribution is -2.52. The molecular formula is C15H30N2O3. The van der Waals surface area contributed by atoms with Crippen molar-refractivity contribution >= 4 is 5.97 Å². The number of carbonyl (C=O) groups is 1. The summed E-state index contributed by atoms with van der Waals surface area (Å²) >= 11 is 0. The molecule has 20 heavy (non-hydrogen) atoms. The molecule has 0 amide bonds. The van der Waals surface area contributed by atoms with Crippen molar-refractivity contribution in [2.45, 2.75) is 70.7 Å². The summed E-state index contributed by atoms with van der Waals surface area (Å²) < 4.78 is 5.58. The van der Waals surface area contributed by atoms with Crippen molar-refractivity contribution in [1.29, 1.82) is 0 Å². The first-order valence-corrected chi connectivity index (χ1v) is 7.59. The summed E-state index contributed by atoms with van der Waals surface area (Å²) in [7, 11) is 2.10. The average Bonchev–Trinajstić information content (AvgIpc) is 2.74. The third-order valence-corrected chi connectivity index (χ3v) is 4.17. The first-order valence-electron chi connectivity index (χ1n) is 7.59. The number of hydrogen-bond acceptors (Lipinski definition) is 4. The minimum absolute atomic E-state index is 0.164. The van der Waals surface area contributed by atoms with Gasteiger partial charge in [-0.25, -0.2) is 0 Å². The highest BCUT2D eigenvalue weighted by atomic mass is 16.5. The van der Waals surface area contributed by atoms with Gasteiger partial charge in [-0.2, -0.15) is 0 Å². The number of ether oxygens (including phenoxy) is 1. The van der Waals surface area contributed by atoms with Crippen LogP contribution in [-0.4, -0.2) is 59.9 Å². The SMILES string of the molecule is CC(C)NC(C)(CCCN(C)C1CCOC1C)C(=O)O. The van der Waals surface area contributed by atoms with Crippen LogP contribution < -0.4 is 5.32 Å². The van der Waals surface area contributed by atoms with Gasteiger partial charge >= 0.3 is 5.97 Å². The van der Waals surface area contributed by atoms with E-state index in [9.17, 15) is 9.90 Å². The highest BCUT2D eigenvalue weighted by molar-refractivity contribution is 5.78. The van der Waals surface area contributed by atoms with Gasteiger partial charge in [-0.15, -0.1) is 0 Å². The van der Waals surface area contributed by atoms with Gasteiger partial charge in [-0.1, -0.05) is 0 Å². The molecule has 1 aliphatic rings. The summed E-state index contributed by atoms with van der Waals surface area (Å²) in [4.78, 5) is 13.7. The molecule has 0 aliphatic carbocycles. The lowest BCUT2D eigenvalue weighted by Gasteiger charge is -2.31. The Morgan fingerprint density at radius 1 is 1.55 bits per heavy atom. The van der Waals surface area contributed by atoms with Crippen molar-refractivity contribution in [2.75, 3.05) is 20.2 Å². The second-order valence-electron chi connectivity index (χ2n) is 6.45. The van der Waals surface area contributed by atoms with Crippen molar-refractivity contribution in [3.05, 3.63) is 0 Å². The van der Waals surface area contributed by atoms with E-state index in [2.05, 4.69) is 24.2 Å². The number of likely N-dealkylation sites (N-methyl/N-ethyl adjacent to an activating group) is 1. The molecule has 1 heterocycles. The smallest absolute Gasteiger partial charge is 0.323 e. The van der Waals surface area contributed by atoms with Crippen molar-refractivity contribution < 1.29 is 14.6 Å². The minimum Gasteiger partial charge on any atom is -0.480 e. The van der Waals surface area contributed by atoms with E-state index < -0.39 is 11.5 Å². The standard InChI is InChI=1S/C15H30N2O3/c1-11(2)16-15(4,14(18)19)8-6-9-17(5)13-7-10-20-12(13)3/h11-13,16H,6-10H2,1-5H3,(H,18,19). The summed E-state index contributed by atoms with van der Waals surface area (Å²) in [5.74, 6) is -0.772. The number of nitrogens with one attached hydrogen (secondary N) is 1. The van der Waals surface area contributed by atoms with E-state index in [1.54, 1.807) is 6.92 Å². The Bertz CT molecular complexity index is 322. The highest BCUT2D eigenvalue weighted by Gasteiger charge is 2.33. The quantitative estimate of drug-likeness (QED) is 0.711. The zero-order valence-corrected chi connectivity index (χ0v) is 13.5. The Labute approximate surface area is 122 Å². The number of nitrogens with zero attached hydrogens (tertiary/aromatic N) is 1. The number of carboxylic acid groups (broad SMARTS) is 1. The van der Waals surface area contributed by atoms with E-state index in [0.29, 0.717) is 12.5 Å². The largest absolute Gasteiger partial charge is 0.480 e. The topological polar surface area (TPSA) is 61.8 Å². The maximum Gasteiger partial charge on any atom is 0.323 e. The lowest BCUT2D eigenvalue weighted by molar-refractivity contribution is -0.144. The highest BCUT2D eigenvalue weighted by Crippen LogP contribution is 2.20.